The van der Waals surface area contributed by atoms with Crippen molar-refractivity contribution in [3.05, 3.63) is 71.9 Å². The summed E-state index contributed by atoms with van der Waals surface area (Å²) < 4.78 is 5.59. The summed E-state index contributed by atoms with van der Waals surface area (Å²) in [5.41, 5.74) is 3.54. The van der Waals surface area contributed by atoms with Crippen molar-refractivity contribution in [1.82, 2.24) is 15.2 Å². The monoisotopic (exact) mass is 369 g/mol. The van der Waals surface area contributed by atoms with Crippen molar-refractivity contribution in [2.24, 2.45) is 0 Å². The average Bonchev–Trinajstić information content (AvgIpc) is 2.68. The van der Waals surface area contributed by atoms with E-state index in [2.05, 4.69) is 51.6 Å². The Labute approximate surface area is 160 Å². The fraction of sp³-hybridized carbons (Fsp3) is 0.286. The SMILES string of the molecule is COc1ccccc1C1CNCCN1Cc1cnc2ccccc2c1.Cl. The lowest BCUT2D eigenvalue weighted by Crippen LogP contribution is -2.45. The summed E-state index contributed by atoms with van der Waals surface area (Å²) in [5.74, 6) is 0.956. The number of piperazine rings is 1. The van der Waals surface area contributed by atoms with E-state index in [1.54, 1.807) is 7.11 Å². The molecule has 26 heavy (non-hydrogen) atoms. The van der Waals surface area contributed by atoms with Crippen LogP contribution >= 0.6 is 12.4 Å². The molecular formula is C21H24ClN3O. The van der Waals surface area contributed by atoms with E-state index >= 15 is 0 Å². The van der Waals surface area contributed by atoms with Gasteiger partial charge in [-0.15, -0.1) is 12.4 Å². The van der Waals surface area contributed by atoms with E-state index in [-0.39, 0.29) is 12.4 Å². The Morgan fingerprint density at radius 2 is 1.96 bits per heavy atom. The minimum absolute atomic E-state index is 0. The molecule has 3 aromatic rings. The largest absolute Gasteiger partial charge is 0.496 e. The van der Waals surface area contributed by atoms with Gasteiger partial charge in [-0.1, -0.05) is 36.4 Å². The van der Waals surface area contributed by atoms with Gasteiger partial charge in [-0.3, -0.25) is 9.88 Å². The standard InChI is InChI=1S/C21H23N3O.ClH/c1-25-21-9-5-3-7-18(21)20-14-22-10-11-24(20)15-16-12-17-6-2-4-8-19(17)23-13-16;/h2-9,12-13,20,22H,10-11,14-15H2,1H3;1H. The lowest BCUT2D eigenvalue weighted by Gasteiger charge is -2.37. The first-order chi connectivity index (χ1) is 12.3. The van der Waals surface area contributed by atoms with Crippen molar-refractivity contribution >= 4 is 23.3 Å². The zero-order valence-electron chi connectivity index (χ0n) is 14.9. The van der Waals surface area contributed by atoms with E-state index in [0.29, 0.717) is 6.04 Å². The molecule has 1 aliphatic heterocycles. The molecule has 1 aromatic heterocycles. The predicted octanol–water partition coefficient (Wildman–Crippen LogP) is 3.81. The van der Waals surface area contributed by atoms with E-state index < -0.39 is 0 Å². The molecule has 4 nitrogen and oxygen atoms in total. The van der Waals surface area contributed by atoms with Gasteiger partial charge in [0.25, 0.3) is 0 Å². The molecular weight excluding hydrogens is 346 g/mol. The van der Waals surface area contributed by atoms with E-state index in [0.717, 1.165) is 37.4 Å². The number of hydrogen-bond donors (Lipinski definition) is 1. The first kappa shape index (κ1) is 18.6. The number of nitrogens with one attached hydrogen (secondary N) is 1. The van der Waals surface area contributed by atoms with Gasteiger partial charge in [-0.05, 0) is 23.8 Å². The van der Waals surface area contributed by atoms with Crippen LogP contribution in [0.1, 0.15) is 17.2 Å². The average molecular weight is 370 g/mol. The number of ether oxygens (including phenoxy) is 1. The van der Waals surface area contributed by atoms with Crippen LogP contribution in [-0.4, -0.2) is 36.6 Å². The van der Waals surface area contributed by atoms with Gasteiger partial charge in [-0.2, -0.15) is 0 Å². The Kier molecular flexibility index (Phi) is 6.09. The first-order valence-corrected chi connectivity index (χ1v) is 8.76. The highest BCUT2D eigenvalue weighted by Crippen LogP contribution is 2.31. The number of para-hydroxylation sites is 2. The van der Waals surface area contributed by atoms with Crippen LogP contribution in [-0.2, 0) is 6.54 Å². The van der Waals surface area contributed by atoms with Crippen LogP contribution in [0.25, 0.3) is 10.9 Å². The fourth-order valence-corrected chi connectivity index (χ4v) is 3.62. The number of benzene rings is 2. The fourth-order valence-electron chi connectivity index (χ4n) is 3.62. The summed E-state index contributed by atoms with van der Waals surface area (Å²) >= 11 is 0. The summed E-state index contributed by atoms with van der Waals surface area (Å²) in [6.45, 7) is 3.84. The van der Waals surface area contributed by atoms with Crippen LogP contribution in [0, 0.1) is 0 Å². The third-order valence-corrected chi connectivity index (χ3v) is 4.88. The van der Waals surface area contributed by atoms with Crippen LogP contribution in [0.4, 0.5) is 0 Å². The number of methoxy groups -OCH3 is 1. The van der Waals surface area contributed by atoms with Crippen LogP contribution in [0.3, 0.4) is 0 Å². The highest BCUT2D eigenvalue weighted by Gasteiger charge is 2.26. The van der Waals surface area contributed by atoms with Crippen LogP contribution in [0.5, 0.6) is 5.75 Å². The number of rotatable bonds is 4. The van der Waals surface area contributed by atoms with E-state index in [4.69, 9.17) is 4.74 Å². The third kappa shape index (κ3) is 3.83. The van der Waals surface area contributed by atoms with Crippen LogP contribution < -0.4 is 10.1 Å². The molecule has 0 amide bonds. The second kappa shape index (κ2) is 8.49. The van der Waals surface area contributed by atoms with Gasteiger partial charge in [0.15, 0.2) is 0 Å². The van der Waals surface area contributed by atoms with E-state index in [1.165, 1.54) is 16.5 Å². The molecule has 5 heteroatoms. The minimum Gasteiger partial charge on any atom is -0.496 e. The zero-order valence-corrected chi connectivity index (χ0v) is 15.7. The topological polar surface area (TPSA) is 37.4 Å². The van der Waals surface area contributed by atoms with Gasteiger partial charge in [0.2, 0.25) is 0 Å². The highest BCUT2D eigenvalue weighted by molar-refractivity contribution is 5.85. The lowest BCUT2D eigenvalue weighted by atomic mass is 10.0. The van der Waals surface area contributed by atoms with E-state index in [1.807, 2.05) is 24.4 Å². The van der Waals surface area contributed by atoms with Gasteiger partial charge in [-0.25, -0.2) is 0 Å². The van der Waals surface area contributed by atoms with Crippen LogP contribution in [0.2, 0.25) is 0 Å². The van der Waals surface area contributed by atoms with Crippen molar-refractivity contribution in [2.75, 3.05) is 26.7 Å². The number of hydrogen-bond acceptors (Lipinski definition) is 4. The lowest BCUT2D eigenvalue weighted by molar-refractivity contribution is 0.151. The number of aromatic nitrogens is 1. The van der Waals surface area contributed by atoms with Gasteiger partial charge in [0, 0.05) is 43.3 Å². The first-order valence-electron chi connectivity index (χ1n) is 8.76. The van der Waals surface area contributed by atoms with Crippen molar-refractivity contribution in [3.63, 3.8) is 0 Å². The molecule has 2 aromatic carbocycles. The second-order valence-corrected chi connectivity index (χ2v) is 6.47. The summed E-state index contributed by atoms with van der Waals surface area (Å²) in [7, 11) is 1.74. The van der Waals surface area contributed by atoms with Gasteiger partial charge in [0.05, 0.1) is 18.7 Å². The second-order valence-electron chi connectivity index (χ2n) is 6.47. The Bertz CT molecular complexity index is 871. The van der Waals surface area contributed by atoms with Crippen molar-refractivity contribution in [2.45, 2.75) is 12.6 Å². The molecule has 1 fully saturated rings. The molecule has 4 rings (SSSR count). The molecule has 136 valence electrons. The van der Waals surface area contributed by atoms with Gasteiger partial charge < -0.3 is 10.1 Å². The van der Waals surface area contributed by atoms with Crippen LogP contribution in [0.15, 0.2) is 60.8 Å². The number of fused-ring (bicyclic) bond motifs is 1. The molecule has 1 atom stereocenters. The molecule has 0 aliphatic carbocycles. The maximum Gasteiger partial charge on any atom is 0.123 e. The van der Waals surface area contributed by atoms with Gasteiger partial charge >= 0.3 is 0 Å². The third-order valence-electron chi connectivity index (χ3n) is 4.88. The maximum atomic E-state index is 5.59. The Morgan fingerprint density at radius 3 is 2.85 bits per heavy atom. The summed E-state index contributed by atoms with van der Waals surface area (Å²) in [5, 5.41) is 4.72. The van der Waals surface area contributed by atoms with Crippen molar-refractivity contribution in [3.8, 4) is 5.75 Å². The van der Waals surface area contributed by atoms with Crippen molar-refractivity contribution in [1.29, 1.82) is 0 Å². The Morgan fingerprint density at radius 1 is 1.15 bits per heavy atom. The molecule has 0 radical (unpaired) electrons. The summed E-state index contributed by atoms with van der Waals surface area (Å²) in [6, 6.07) is 19.2. The van der Waals surface area contributed by atoms with Gasteiger partial charge in [0.1, 0.15) is 5.75 Å². The quantitative estimate of drug-likeness (QED) is 0.758. The molecule has 2 heterocycles. The molecule has 0 spiro atoms. The zero-order chi connectivity index (χ0) is 17.1. The molecule has 0 saturated carbocycles. The number of pyridine rings is 1. The normalized spacial score (nSPS) is 17.7. The summed E-state index contributed by atoms with van der Waals surface area (Å²) in [4.78, 5) is 7.13. The number of halogens is 1. The predicted molar refractivity (Wildman–Crippen MR) is 108 cm³/mol. The molecule has 1 N–H and O–H groups in total. The molecule has 0 bridgehead atoms. The maximum absolute atomic E-state index is 5.59. The van der Waals surface area contributed by atoms with E-state index in [9.17, 15) is 0 Å². The van der Waals surface area contributed by atoms with Crippen molar-refractivity contribution < 1.29 is 4.74 Å². The highest BCUT2D eigenvalue weighted by atomic mass is 35.5. The number of nitrogens with zero attached hydrogens (tertiary/aromatic N) is 2. The molecule has 1 saturated heterocycles. The molecule has 1 aliphatic rings. The smallest absolute Gasteiger partial charge is 0.123 e. The Hall–Kier alpha value is -2.14. The minimum atomic E-state index is 0. The molecule has 1 unspecified atom stereocenters. The Balaban J connectivity index is 0.00000196. The summed E-state index contributed by atoms with van der Waals surface area (Å²) in [6.07, 6.45) is 2.00.